The first kappa shape index (κ1) is 17.5. The van der Waals surface area contributed by atoms with Crippen molar-refractivity contribution in [3.8, 4) is 0 Å². The first-order valence-corrected chi connectivity index (χ1v) is 10.7. The molecular formula is C28H28. The van der Waals surface area contributed by atoms with Crippen molar-refractivity contribution in [3.05, 3.63) is 100 Å². The van der Waals surface area contributed by atoms with E-state index in [2.05, 4.69) is 87.5 Å². The number of aryl methyl sites for hydroxylation is 1. The van der Waals surface area contributed by atoms with Crippen LogP contribution in [0.1, 0.15) is 42.5 Å². The van der Waals surface area contributed by atoms with Gasteiger partial charge >= 0.3 is 0 Å². The van der Waals surface area contributed by atoms with Crippen LogP contribution in [-0.4, -0.2) is 0 Å². The lowest BCUT2D eigenvalue weighted by molar-refractivity contribution is 0.443. The zero-order chi connectivity index (χ0) is 19.3. The molecule has 0 bridgehead atoms. The van der Waals surface area contributed by atoms with Crippen molar-refractivity contribution in [1.29, 1.82) is 0 Å². The van der Waals surface area contributed by atoms with Gasteiger partial charge in [-0.15, -0.1) is 0 Å². The second-order valence-electron chi connectivity index (χ2n) is 8.63. The summed E-state index contributed by atoms with van der Waals surface area (Å²) < 4.78 is 0. The van der Waals surface area contributed by atoms with Crippen molar-refractivity contribution in [2.45, 2.75) is 40.0 Å². The molecule has 0 saturated heterocycles. The van der Waals surface area contributed by atoms with Crippen molar-refractivity contribution in [2.24, 2.45) is 11.8 Å². The number of hydrogen-bond acceptors (Lipinski definition) is 0. The second-order valence-corrected chi connectivity index (χ2v) is 8.63. The molecule has 0 amide bonds. The van der Waals surface area contributed by atoms with E-state index < -0.39 is 0 Å². The van der Waals surface area contributed by atoms with Crippen LogP contribution in [-0.2, 0) is 12.8 Å². The smallest absolute Gasteiger partial charge is 0.00543 e. The molecule has 2 aliphatic rings. The SMILES string of the molecule is CCC1C2=C(c3ccccc3CC(Cc3cc(C)cc4ccccc34)=C2)C1C. The summed E-state index contributed by atoms with van der Waals surface area (Å²) in [5.41, 5.74) is 10.6. The minimum atomic E-state index is 0.677. The van der Waals surface area contributed by atoms with E-state index in [1.54, 1.807) is 16.7 Å². The highest BCUT2D eigenvalue weighted by atomic mass is 14.4. The third-order valence-corrected chi connectivity index (χ3v) is 6.80. The maximum absolute atomic E-state index is 2.56. The van der Waals surface area contributed by atoms with Crippen molar-refractivity contribution >= 4 is 16.3 Å². The van der Waals surface area contributed by atoms with Gasteiger partial charge in [-0.2, -0.15) is 0 Å². The quantitative estimate of drug-likeness (QED) is 0.457. The fourth-order valence-corrected chi connectivity index (χ4v) is 5.51. The van der Waals surface area contributed by atoms with Gasteiger partial charge in [0.05, 0.1) is 0 Å². The maximum atomic E-state index is 2.56. The van der Waals surface area contributed by atoms with Crippen molar-refractivity contribution < 1.29 is 0 Å². The Morgan fingerprint density at radius 2 is 1.75 bits per heavy atom. The molecule has 2 unspecified atom stereocenters. The average Bonchev–Trinajstić information content (AvgIpc) is 2.82. The first-order valence-electron chi connectivity index (χ1n) is 10.7. The number of allylic oxidation sites excluding steroid dienone is 4. The van der Waals surface area contributed by atoms with Gasteiger partial charge in [0.1, 0.15) is 0 Å². The van der Waals surface area contributed by atoms with E-state index in [1.807, 2.05) is 0 Å². The second kappa shape index (κ2) is 6.78. The van der Waals surface area contributed by atoms with Gasteiger partial charge in [0.15, 0.2) is 0 Å². The van der Waals surface area contributed by atoms with Crippen LogP contribution in [0.4, 0.5) is 0 Å². The van der Waals surface area contributed by atoms with Gasteiger partial charge in [0.2, 0.25) is 0 Å². The molecule has 140 valence electrons. The molecule has 2 aliphatic carbocycles. The van der Waals surface area contributed by atoms with Gasteiger partial charge in [-0.05, 0) is 76.6 Å². The van der Waals surface area contributed by atoms with Crippen LogP contribution in [0.15, 0.2) is 77.9 Å². The largest absolute Gasteiger partial charge is 0.0648 e. The normalized spacial score (nSPS) is 20.9. The van der Waals surface area contributed by atoms with Gasteiger partial charge in [0.25, 0.3) is 0 Å². The summed E-state index contributed by atoms with van der Waals surface area (Å²) in [5.74, 6) is 1.39. The van der Waals surface area contributed by atoms with Crippen molar-refractivity contribution in [1.82, 2.24) is 0 Å². The molecule has 0 heteroatoms. The van der Waals surface area contributed by atoms with Gasteiger partial charge in [-0.1, -0.05) is 91.7 Å². The van der Waals surface area contributed by atoms with Gasteiger partial charge in [-0.25, -0.2) is 0 Å². The predicted octanol–water partition coefficient (Wildman–Crippen LogP) is 7.30. The van der Waals surface area contributed by atoms with Crippen LogP contribution in [0.25, 0.3) is 16.3 Å². The number of benzene rings is 3. The van der Waals surface area contributed by atoms with Gasteiger partial charge in [-0.3, -0.25) is 0 Å². The highest BCUT2D eigenvalue weighted by Gasteiger charge is 2.37. The van der Waals surface area contributed by atoms with Gasteiger partial charge in [0, 0.05) is 0 Å². The van der Waals surface area contributed by atoms with E-state index in [4.69, 9.17) is 0 Å². The Labute approximate surface area is 168 Å². The number of rotatable bonds is 3. The van der Waals surface area contributed by atoms with E-state index >= 15 is 0 Å². The Morgan fingerprint density at radius 3 is 2.61 bits per heavy atom. The Hall–Kier alpha value is -2.60. The zero-order valence-electron chi connectivity index (χ0n) is 17.1. The van der Waals surface area contributed by atoms with E-state index in [9.17, 15) is 0 Å². The van der Waals surface area contributed by atoms with E-state index in [0.717, 1.165) is 12.8 Å². The lowest BCUT2D eigenvalue weighted by Crippen LogP contribution is -2.26. The minimum Gasteiger partial charge on any atom is -0.0648 e. The fourth-order valence-electron chi connectivity index (χ4n) is 5.51. The maximum Gasteiger partial charge on any atom is -0.00543 e. The molecule has 0 fully saturated rings. The summed E-state index contributed by atoms with van der Waals surface area (Å²) in [4.78, 5) is 0. The monoisotopic (exact) mass is 364 g/mol. The van der Waals surface area contributed by atoms with Crippen LogP contribution in [0, 0.1) is 18.8 Å². The molecule has 0 heterocycles. The highest BCUT2D eigenvalue weighted by Crippen LogP contribution is 2.51. The topological polar surface area (TPSA) is 0 Å². The molecule has 3 aromatic rings. The highest BCUT2D eigenvalue weighted by molar-refractivity contribution is 5.87. The fraction of sp³-hybridized carbons (Fsp3) is 0.286. The summed E-state index contributed by atoms with van der Waals surface area (Å²) in [6.07, 6.45) is 5.90. The molecule has 2 atom stereocenters. The summed E-state index contributed by atoms with van der Waals surface area (Å²) in [5, 5.41) is 2.76. The summed E-state index contributed by atoms with van der Waals surface area (Å²) in [7, 11) is 0. The van der Waals surface area contributed by atoms with Crippen molar-refractivity contribution in [3.63, 3.8) is 0 Å². The predicted molar refractivity (Wildman–Crippen MR) is 120 cm³/mol. The molecule has 0 aliphatic heterocycles. The lowest BCUT2D eigenvalue weighted by atomic mass is 9.65. The molecule has 0 saturated carbocycles. The summed E-state index contributed by atoms with van der Waals surface area (Å²) >= 11 is 0. The molecule has 0 aromatic heterocycles. The third-order valence-electron chi connectivity index (χ3n) is 6.80. The molecule has 3 aromatic carbocycles. The Morgan fingerprint density at radius 1 is 0.964 bits per heavy atom. The van der Waals surface area contributed by atoms with Gasteiger partial charge < -0.3 is 0 Å². The van der Waals surface area contributed by atoms with Crippen LogP contribution < -0.4 is 0 Å². The summed E-state index contributed by atoms with van der Waals surface area (Å²) in [6, 6.07) is 22.6. The van der Waals surface area contributed by atoms with E-state index in [1.165, 1.54) is 39.4 Å². The third kappa shape index (κ3) is 2.75. The van der Waals surface area contributed by atoms with Crippen LogP contribution in [0.3, 0.4) is 0 Å². The van der Waals surface area contributed by atoms with Crippen LogP contribution in [0.5, 0.6) is 0 Å². The molecule has 0 N–H and O–H groups in total. The number of hydrogen-bond donors (Lipinski definition) is 0. The zero-order valence-corrected chi connectivity index (χ0v) is 17.1. The number of fused-ring (bicyclic) bond motifs is 3. The molecule has 0 nitrogen and oxygen atoms in total. The molecule has 0 radical (unpaired) electrons. The minimum absolute atomic E-state index is 0.677. The Bertz CT molecular complexity index is 1130. The Balaban J connectivity index is 1.62. The average molecular weight is 365 g/mol. The lowest BCUT2D eigenvalue weighted by Gasteiger charge is -2.39. The standard InChI is InChI=1S/C28H28/c1-4-24-19(3)28-26-12-8-6-10-22(26)15-20(17-27(24)28)16-23-14-18(2)13-21-9-5-7-11-25(21)23/h5-14,17,19,24H,4,15-16H2,1-3H3. The molecule has 28 heavy (non-hydrogen) atoms. The van der Waals surface area contributed by atoms with Crippen molar-refractivity contribution in [2.75, 3.05) is 0 Å². The van der Waals surface area contributed by atoms with E-state index in [-0.39, 0.29) is 0 Å². The Kier molecular flexibility index (Phi) is 4.23. The van der Waals surface area contributed by atoms with E-state index in [0.29, 0.717) is 11.8 Å². The van der Waals surface area contributed by atoms with Crippen LogP contribution >= 0.6 is 0 Å². The first-order chi connectivity index (χ1) is 13.7. The molecule has 5 rings (SSSR count). The molecular weight excluding hydrogens is 336 g/mol. The molecule has 0 spiro atoms. The van der Waals surface area contributed by atoms with Crippen LogP contribution in [0.2, 0.25) is 0 Å². The summed E-state index contributed by atoms with van der Waals surface area (Å²) in [6.45, 7) is 6.97.